The van der Waals surface area contributed by atoms with Crippen molar-refractivity contribution in [2.75, 3.05) is 0 Å². The predicted molar refractivity (Wildman–Crippen MR) is 110 cm³/mol. The summed E-state index contributed by atoms with van der Waals surface area (Å²) in [6.45, 7) is 4.76. The maximum Gasteiger partial charge on any atom is 0.243 e. The van der Waals surface area contributed by atoms with E-state index in [1.54, 1.807) is 6.08 Å². The smallest absolute Gasteiger partial charge is 0.243 e. The van der Waals surface area contributed by atoms with Crippen molar-refractivity contribution in [3.8, 4) is 0 Å². The number of nitrogens with one attached hydrogen (secondary N) is 1. The fourth-order valence-corrected chi connectivity index (χ4v) is 7.57. The number of carbonyl (C=O) groups is 2. The molecular formula is C25H31NO2. The molecule has 1 amide bonds. The molecule has 28 heavy (non-hydrogen) atoms. The van der Waals surface area contributed by atoms with Crippen LogP contribution in [0.5, 0.6) is 0 Å². The van der Waals surface area contributed by atoms with Crippen molar-refractivity contribution < 1.29 is 9.59 Å². The summed E-state index contributed by atoms with van der Waals surface area (Å²) in [5.74, 6) is 2.51. The molecule has 7 atom stereocenters. The highest BCUT2D eigenvalue weighted by molar-refractivity contribution is 5.98. The van der Waals surface area contributed by atoms with Crippen molar-refractivity contribution in [3.05, 3.63) is 48.0 Å². The molecule has 1 N–H and O–H groups in total. The molecule has 1 heterocycles. The van der Waals surface area contributed by atoms with Gasteiger partial charge < -0.3 is 5.32 Å². The monoisotopic (exact) mass is 377 g/mol. The Morgan fingerprint density at radius 3 is 2.57 bits per heavy atom. The number of carbonyl (C=O) groups excluding carboxylic acids is 2. The van der Waals surface area contributed by atoms with Gasteiger partial charge in [0.2, 0.25) is 5.91 Å². The van der Waals surface area contributed by atoms with Crippen LogP contribution in [-0.4, -0.2) is 17.7 Å². The van der Waals surface area contributed by atoms with E-state index in [2.05, 4.69) is 25.2 Å². The zero-order valence-corrected chi connectivity index (χ0v) is 17.0. The van der Waals surface area contributed by atoms with Gasteiger partial charge in [0.25, 0.3) is 0 Å². The summed E-state index contributed by atoms with van der Waals surface area (Å²) in [7, 11) is 0. The van der Waals surface area contributed by atoms with Crippen molar-refractivity contribution in [2.24, 2.45) is 34.5 Å². The fraction of sp³-hybridized carbons (Fsp3) is 0.600. The number of Topliss-reactive ketones (excluding diaryl/α,β-unsaturated/α-hetero) is 1. The number of hydrogen-bond acceptors (Lipinski definition) is 2. The third kappa shape index (κ3) is 2.47. The first-order valence-electron chi connectivity index (χ1n) is 11.0. The van der Waals surface area contributed by atoms with Gasteiger partial charge in [-0.3, -0.25) is 9.59 Å². The van der Waals surface area contributed by atoms with Crippen molar-refractivity contribution in [1.29, 1.82) is 0 Å². The van der Waals surface area contributed by atoms with E-state index in [0.29, 0.717) is 23.5 Å². The average Bonchev–Trinajstić information content (AvgIpc) is 3.06. The quantitative estimate of drug-likeness (QED) is 0.754. The van der Waals surface area contributed by atoms with Gasteiger partial charge in [-0.15, -0.1) is 0 Å². The molecule has 148 valence electrons. The third-order valence-corrected chi connectivity index (χ3v) is 9.06. The first kappa shape index (κ1) is 18.1. The maximum absolute atomic E-state index is 13.3. The number of benzene rings is 1. The topological polar surface area (TPSA) is 46.2 Å². The van der Waals surface area contributed by atoms with Gasteiger partial charge in [-0.2, -0.15) is 0 Å². The first-order chi connectivity index (χ1) is 13.4. The van der Waals surface area contributed by atoms with Crippen LogP contribution in [0.25, 0.3) is 0 Å². The van der Waals surface area contributed by atoms with Crippen molar-refractivity contribution in [2.45, 2.75) is 58.4 Å². The zero-order valence-electron chi connectivity index (χ0n) is 17.0. The van der Waals surface area contributed by atoms with E-state index in [9.17, 15) is 9.59 Å². The number of amides is 1. The van der Waals surface area contributed by atoms with E-state index >= 15 is 0 Å². The Morgan fingerprint density at radius 1 is 1.00 bits per heavy atom. The molecule has 3 aliphatic carbocycles. The summed E-state index contributed by atoms with van der Waals surface area (Å²) in [5, 5.41) is 3.23. The maximum atomic E-state index is 13.3. The van der Waals surface area contributed by atoms with Crippen LogP contribution < -0.4 is 5.32 Å². The SMILES string of the molecule is C[C@]12C=CC(=O)NC1CCC1C2CC[C@]2(C)C(C(=O)c3ccccc3)CCC12. The molecule has 1 aromatic carbocycles. The van der Waals surface area contributed by atoms with Crippen LogP contribution in [0.15, 0.2) is 42.5 Å². The van der Waals surface area contributed by atoms with Gasteiger partial charge in [-0.1, -0.05) is 50.3 Å². The largest absolute Gasteiger partial charge is 0.349 e. The van der Waals surface area contributed by atoms with E-state index in [1.807, 2.05) is 30.3 Å². The molecule has 3 saturated carbocycles. The summed E-state index contributed by atoms with van der Waals surface area (Å²) in [4.78, 5) is 25.2. The Balaban J connectivity index is 1.44. The molecule has 1 aromatic rings. The Labute approximate surface area is 168 Å². The van der Waals surface area contributed by atoms with Crippen molar-refractivity contribution >= 4 is 11.7 Å². The molecule has 0 spiro atoms. The Kier molecular flexibility index (Phi) is 4.08. The molecule has 3 fully saturated rings. The van der Waals surface area contributed by atoms with Crippen molar-refractivity contribution in [1.82, 2.24) is 5.32 Å². The summed E-state index contributed by atoms with van der Waals surface area (Å²) < 4.78 is 0. The molecule has 4 aliphatic rings. The molecular weight excluding hydrogens is 346 g/mol. The number of fused-ring (bicyclic) bond motifs is 5. The standard InChI is InChI=1S/C25H31NO2/c1-24-14-12-19-17(8-11-21-25(19,2)15-13-22(27)26-21)18(24)9-10-20(24)23(28)16-6-4-3-5-7-16/h3-7,13,15,17-21H,8-12,14H2,1-2H3,(H,26,27)/t17?,18?,19?,20?,21?,24-,25+/m0/s1. The molecule has 5 unspecified atom stereocenters. The molecule has 3 nitrogen and oxygen atoms in total. The van der Waals surface area contributed by atoms with Gasteiger partial charge in [0.1, 0.15) is 0 Å². The number of rotatable bonds is 2. The van der Waals surface area contributed by atoms with E-state index in [-0.39, 0.29) is 28.7 Å². The summed E-state index contributed by atoms with van der Waals surface area (Å²) in [5.41, 5.74) is 1.07. The van der Waals surface area contributed by atoms with Gasteiger partial charge in [0.15, 0.2) is 5.78 Å². The average molecular weight is 378 g/mol. The van der Waals surface area contributed by atoms with E-state index in [0.717, 1.165) is 24.8 Å². The molecule has 5 rings (SSSR count). The Hall–Kier alpha value is -1.90. The molecule has 3 heteroatoms. The lowest BCUT2D eigenvalue weighted by Gasteiger charge is -2.58. The van der Waals surface area contributed by atoms with Gasteiger partial charge >= 0.3 is 0 Å². The number of ketones is 1. The Bertz CT molecular complexity index is 830. The second-order valence-electron chi connectivity index (χ2n) is 10.1. The second-order valence-corrected chi connectivity index (χ2v) is 10.1. The number of hydrogen-bond donors (Lipinski definition) is 1. The fourth-order valence-electron chi connectivity index (χ4n) is 7.57. The summed E-state index contributed by atoms with van der Waals surface area (Å²) >= 11 is 0. The minimum absolute atomic E-state index is 0.0657. The van der Waals surface area contributed by atoms with Crippen LogP contribution in [0.1, 0.15) is 62.7 Å². The van der Waals surface area contributed by atoms with Gasteiger partial charge in [0.05, 0.1) is 0 Å². The summed E-state index contributed by atoms with van der Waals surface area (Å²) in [6.07, 6.45) is 10.7. The minimum atomic E-state index is 0.0657. The lowest BCUT2D eigenvalue weighted by Crippen LogP contribution is -2.59. The molecule has 0 saturated heterocycles. The lowest BCUT2D eigenvalue weighted by molar-refractivity contribution is -0.122. The van der Waals surface area contributed by atoms with Gasteiger partial charge in [-0.25, -0.2) is 0 Å². The third-order valence-electron chi connectivity index (χ3n) is 9.06. The second kappa shape index (κ2) is 6.30. The van der Waals surface area contributed by atoms with Gasteiger partial charge in [-0.05, 0) is 67.8 Å². The van der Waals surface area contributed by atoms with Crippen LogP contribution in [0.4, 0.5) is 0 Å². The zero-order chi connectivity index (χ0) is 19.5. The van der Waals surface area contributed by atoms with Gasteiger partial charge in [0, 0.05) is 22.9 Å². The van der Waals surface area contributed by atoms with Crippen LogP contribution in [-0.2, 0) is 4.79 Å². The van der Waals surface area contributed by atoms with Crippen LogP contribution in [0.3, 0.4) is 0 Å². The highest BCUT2D eigenvalue weighted by Gasteiger charge is 2.60. The highest BCUT2D eigenvalue weighted by Crippen LogP contribution is 2.65. The van der Waals surface area contributed by atoms with E-state index < -0.39 is 0 Å². The van der Waals surface area contributed by atoms with Crippen LogP contribution in [0, 0.1) is 34.5 Å². The predicted octanol–water partition coefficient (Wildman–Crippen LogP) is 4.78. The lowest BCUT2D eigenvalue weighted by atomic mass is 9.47. The normalized spacial score (nSPS) is 44.2. The summed E-state index contributed by atoms with van der Waals surface area (Å²) in [6, 6.07) is 10.2. The Morgan fingerprint density at radius 2 is 1.79 bits per heavy atom. The molecule has 0 radical (unpaired) electrons. The van der Waals surface area contributed by atoms with Crippen LogP contribution >= 0.6 is 0 Å². The van der Waals surface area contributed by atoms with E-state index in [1.165, 1.54) is 19.3 Å². The highest BCUT2D eigenvalue weighted by atomic mass is 16.1. The van der Waals surface area contributed by atoms with Crippen LogP contribution in [0.2, 0.25) is 0 Å². The first-order valence-corrected chi connectivity index (χ1v) is 11.0. The van der Waals surface area contributed by atoms with E-state index in [4.69, 9.17) is 0 Å². The molecule has 0 aromatic heterocycles. The minimum Gasteiger partial charge on any atom is -0.349 e. The molecule has 1 aliphatic heterocycles. The van der Waals surface area contributed by atoms with Crippen molar-refractivity contribution in [3.63, 3.8) is 0 Å². The molecule has 0 bridgehead atoms.